The highest BCUT2D eigenvalue weighted by atomic mass is 35.5. The summed E-state index contributed by atoms with van der Waals surface area (Å²) in [5.41, 5.74) is 2.00. The molecule has 4 nitrogen and oxygen atoms in total. The lowest BCUT2D eigenvalue weighted by Gasteiger charge is -2.11. The molecule has 0 radical (unpaired) electrons. The van der Waals surface area contributed by atoms with Crippen molar-refractivity contribution in [1.82, 2.24) is 10.2 Å². The predicted octanol–water partition coefficient (Wildman–Crippen LogP) is 2.83. The van der Waals surface area contributed by atoms with Crippen LogP contribution in [0, 0.1) is 19.8 Å². The molecular weight excluding hydrogens is 238 g/mol. The second kappa shape index (κ2) is 6.77. The maximum Gasteiger partial charge on any atom is 0.155 e. The van der Waals surface area contributed by atoms with E-state index in [1.807, 2.05) is 13.8 Å². The van der Waals surface area contributed by atoms with Gasteiger partial charge in [0.05, 0.1) is 6.61 Å². The quantitative estimate of drug-likeness (QED) is 0.796. The van der Waals surface area contributed by atoms with E-state index in [0.717, 1.165) is 30.1 Å². The molecule has 0 aliphatic rings. The third kappa shape index (κ3) is 4.48. The second-order valence-electron chi connectivity index (χ2n) is 4.48. The number of nitrogens with one attached hydrogen (secondary N) is 1. The number of aromatic nitrogens is 2. The van der Waals surface area contributed by atoms with Crippen molar-refractivity contribution < 1.29 is 4.74 Å². The van der Waals surface area contributed by atoms with E-state index in [2.05, 4.69) is 29.4 Å². The van der Waals surface area contributed by atoms with Gasteiger partial charge in [0.25, 0.3) is 0 Å². The van der Waals surface area contributed by atoms with Crippen LogP contribution in [-0.4, -0.2) is 30.0 Å². The lowest BCUT2D eigenvalue weighted by atomic mass is 10.2. The van der Waals surface area contributed by atoms with Gasteiger partial charge in [-0.2, -0.15) is 0 Å². The average Bonchev–Trinajstić information content (AvgIpc) is 2.28. The first-order valence-corrected chi connectivity index (χ1v) is 6.21. The third-order valence-corrected chi connectivity index (χ3v) is 2.81. The summed E-state index contributed by atoms with van der Waals surface area (Å²) >= 11 is 5.88. The Balaban J connectivity index is 2.40. The van der Waals surface area contributed by atoms with Crippen molar-refractivity contribution in [2.45, 2.75) is 27.7 Å². The van der Waals surface area contributed by atoms with Gasteiger partial charge in [0, 0.05) is 13.2 Å². The molecule has 1 N–H and O–H groups in total. The molecule has 96 valence electrons. The molecule has 1 aromatic rings. The van der Waals surface area contributed by atoms with Gasteiger partial charge in [-0.15, -0.1) is 10.2 Å². The second-order valence-corrected chi connectivity index (χ2v) is 4.84. The Hall–Kier alpha value is -0.870. The van der Waals surface area contributed by atoms with Gasteiger partial charge in [-0.1, -0.05) is 25.4 Å². The first-order valence-electron chi connectivity index (χ1n) is 5.83. The zero-order valence-corrected chi connectivity index (χ0v) is 11.6. The Bertz CT molecular complexity index is 369. The average molecular weight is 258 g/mol. The number of anilines is 1. The molecule has 17 heavy (non-hydrogen) atoms. The molecule has 1 aromatic heterocycles. The Labute approximate surface area is 108 Å². The zero-order valence-electron chi connectivity index (χ0n) is 10.9. The van der Waals surface area contributed by atoms with Gasteiger partial charge >= 0.3 is 0 Å². The van der Waals surface area contributed by atoms with Gasteiger partial charge in [-0.05, 0) is 30.9 Å². The maximum absolute atomic E-state index is 5.88. The standard InChI is InChI=1S/C12H20ClN3O/c1-8(2)7-17-6-5-14-12-10(4)9(3)11(13)15-16-12/h8H,5-7H2,1-4H3,(H,14,16). The Morgan fingerprint density at radius 1 is 1.24 bits per heavy atom. The molecule has 5 heteroatoms. The normalized spacial score (nSPS) is 10.9. The van der Waals surface area contributed by atoms with Crippen LogP contribution in [-0.2, 0) is 4.74 Å². The summed E-state index contributed by atoms with van der Waals surface area (Å²) in [6.07, 6.45) is 0. The van der Waals surface area contributed by atoms with Crippen LogP contribution in [0.2, 0.25) is 5.15 Å². The lowest BCUT2D eigenvalue weighted by Crippen LogP contribution is -2.14. The fraction of sp³-hybridized carbons (Fsp3) is 0.667. The monoisotopic (exact) mass is 257 g/mol. The molecule has 0 unspecified atom stereocenters. The predicted molar refractivity (Wildman–Crippen MR) is 70.7 cm³/mol. The van der Waals surface area contributed by atoms with Crippen molar-refractivity contribution in [2.24, 2.45) is 5.92 Å². The van der Waals surface area contributed by atoms with Crippen LogP contribution < -0.4 is 5.32 Å². The van der Waals surface area contributed by atoms with E-state index in [1.165, 1.54) is 0 Å². The first kappa shape index (κ1) is 14.2. The third-order valence-electron chi connectivity index (χ3n) is 2.45. The van der Waals surface area contributed by atoms with Crippen LogP contribution in [0.5, 0.6) is 0 Å². The van der Waals surface area contributed by atoms with E-state index in [4.69, 9.17) is 16.3 Å². The van der Waals surface area contributed by atoms with E-state index in [1.54, 1.807) is 0 Å². The van der Waals surface area contributed by atoms with Gasteiger partial charge in [-0.3, -0.25) is 0 Å². The van der Waals surface area contributed by atoms with Crippen LogP contribution in [0.25, 0.3) is 0 Å². The van der Waals surface area contributed by atoms with Crippen molar-refractivity contribution in [2.75, 3.05) is 25.1 Å². The minimum atomic E-state index is 0.462. The molecule has 1 rings (SSSR count). The number of hydrogen-bond acceptors (Lipinski definition) is 4. The van der Waals surface area contributed by atoms with Crippen molar-refractivity contribution in [3.8, 4) is 0 Å². The van der Waals surface area contributed by atoms with Gasteiger partial charge in [0.15, 0.2) is 11.0 Å². The molecule has 0 saturated heterocycles. The molecule has 0 amide bonds. The van der Waals surface area contributed by atoms with Crippen molar-refractivity contribution in [3.05, 3.63) is 16.3 Å². The van der Waals surface area contributed by atoms with E-state index in [0.29, 0.717) is 17.7 Å². The highest BCUT2D eigenvalue weighted by Crippen LogP contribution is 2.20. The van der Waals surface area contributed by atoms with Crippen LogP contribution in [0.3, 0.4) is 0 Å². The zero-order chi connectivity index (χ0) is 12.8. The number of halogens is 1. The summed E-state index contributed by atoms with van der Waals surface area (Å²) < 4.78 is 5.47. The van der Waals surface area contributed by atoms with E-state index >= 15 is 0 Å². The van der Waals surface area contributed by atoms with Crippen molar-refractivity contribution in [3.63, 3.8) is 0 Å². The molecular formula is C12H20ClN3O. The molecule has 0 atom stereocenters. The summed E-state index contributed by atoms with van der Waals surface area (Å²) in [4.78, 5) is 0. The Morgan fingerprint density at radius 2 is 1.94 bits per heavy atom. The maximum atomic E-state index is 5.88. The molecule has 0 saturated carbocycles. The van der Waals surface area contributed by atoms with Gasteiger partial charge < -0.3 is 10.1 Å². The molecule has 0 aliphatic heterocycles. The summed E-state index contributed by atoms with van der Waals surface area (Å²) in [6.45, 7) is 10.4. The Morgan fingerprint density at radius 3 is 2.59 bits per heavy atom. The smallest absolute Gasteiger partial charge is 0.155 e. The highest BCUT2D eigenvalue weighted by Gasteiger charge is 2.07. The van der Waals surface area contributed by atoms with E-state index in [9.17, 15) is 0 Å². The lowest BCUT2D eigenvalue weighted by molar-refractivity contribution is 0.118. The minimum absolute atomic E-state index is 0.462. The van der Waals surface area contributed by atoms with Crippen LogP contribution in [0.1, 0.15) is 25.0 Å². The summed E-state index contributed by atoms with van der Waals surface area (Å²) in [7, 11) is 0. The minimum Gasteiger partial charge on any atom is -0.379 e. The van der Waals surface area contributed by atoms with Gasteiger partial charge in [0.1, 0.15) is 0 Å². The van der Waals surface area contributed by atoms with Gasteiger partial charge in [0.2, 0.25) is 0 Å². The Kier molecular flexibility index (Phi) is 5.65. The first-order chi connectivity index (χ1) is 8.02. The fourth-order valence-electron chi connectivity index (χ4n) is 1.30. The number of rotatable bonds is 6. The number of nitrogens with zero attached hydrogens (tertiary/aromatic N) is 2. The topological polar surface area (TPSA) is 47.0 Å². The number of hydrogen-bond donors (Lipinski definition) is 1. The summed E-state index contributed by atoms with van der Waals surface area (Å²) in [6, 6.07) is 0. The fourth-order valence-corrected chi connectivity index (χ4v) is 1.48. The van der Waals surface area contributed by atoms with Crippen LogP contribution >= 0.6 is 11.6 Å². The summed E-state index contributed by atoms with van der Waals surface area (Å²) in [5, 5.41) is 11.6. The molecule has 0 fully saturated rings. The van der Waals surface area contributed by atoms with Gasteiger partial charge in [-0.25, -0.2) is 0 Å². The molecule has 0 bridgehead atoms. The van der Waals surface area contributed by atoms with Crippen molar-refractivity contribution >= 4 is 17.4 Å². The SMILES string of the molecule is Cc1c(Cl)nnc(NCCOCC(C)C)c1C. The van der Waals surface area contributed by atoms with Crippen LogP contribution in [0.15, 0.2) is 0 Å². The molecule has 0 spiro atoms. The molecule has 0 aliphatic carbocycles. The summed E-state index contributed by atoms with van der Waals surface area (Å²) in [5.74, 6) is 1.34. The number of ether oxygens (including phenoxy) is 1. The highest BCUT2D eigenvalue weighted by molar-refractivity contribution is 6.30. The van der Waals surface area contributed by atoms with Crippen molar-refractivity contribution in [1.29, 1.82) is 0 Å². The van der Waals surface area contributed by atoms with Crippen LogP contribution in [0.4, 0.5) is 5.82 Å². The molecule has 1 heterocycles. The largest absolute Gasteiger partial charge is 0.379 e. The van der Waals surface area contributed by atoms with E-state index < -0.39 is 0 Å². The van der Waals surface area contributed by atoms with E-state index in [-0.39, 0.29) is 0 Å². The molecule has 0 aromatic carbocycles.